The lowest BCUT2D eigenvalue weighted by Crippen LogP contribution is -2.38. The van der Waals surface area contributed by atoms with Crippen molar-refractivity contribution >= 4 is 11.7 Å². The molecule has 2 aromatic rings. The SMILES string of the molecule is N=C(CNC(=O)c1ccc(CN(Cc2ccc(OC(F)(F)F)cc2)C2CCC(C3CCCCC3)CC2)cc1)N=NN. The maximum absolute atomic E-state index is 12.6. The summed E-state index contributed by atoms with van der Waals surface area (Å²) in [7, 11) is 0. The maximum Gasteiger partial charge on any atom is 0.573 e. The van der Waals surface area contributed by atoms with Gasteiger partial charge in [0.25, 0.3) is 5.91 Å². The van der Waals surface area contributed by atoms with E-state index >= 15 is 0 Å². The van der Waals surface area contributed by atoms with Gasteiger partial charge in [-0.25, -0.2) is 0 Å². The number of ether oxygens (including phenoxy) is 1. The topological polar surface area (TPSA) is 116 Å². The van der Waals surface area contributed by atoms with Crippen LogP contribution in [0.4, 0.5) is 13.2 Å². The zero-order chi connectivity index (χ0) is 29.2. The Labute approximate surface area is 239 Å². The van der Waals surface area contributed by atoms with Crippen molar-refractivity contribution in [1.82, 2.24) is 10.2 Å². The summed E-state index contributed by atoms with van der Waals surface area (Å²) in [6, 6.07) is 13.8. The van der Waals surface area contributed by atoms with Crippen LogP contribution < -0.4 is 15.9 Å². The summed E-state index contributed by atoms with van der Waals surface area (Å²) in [6.45, 7) is 1.18. The van der Waals surface area contributed by atoms with E-state index in [1.165, 1.54) is 57.1 Å². The van der Waals surface area contributed by atoms with Crippen LogP contribution in [-0.2, 0) is 13.1 Å². The second-order valence-corrected chi connectivity index (χ2v) is 11.1. The summed E-state index contributed by atoms with van der Waals surface area (Å²) < 4.78 is 41.9. The number of carbonyl (C=O) groups is 1. The smallest absolute Gasteiger partial charge is 0.406 e. The van der Waals surface area contributed by atoms with Crippen molar-refractivity contribution in [3.63, 3.8) is 0 Å². The van der Waals surface area contributed by atoms with E-state index in [2.05, 4.69) is 25.3 Å². The monoisotopic (exact) mass is 572 g/mol. The van der Waals surface area contributed by atoms with Crippen molar-refractivity contribution in [3.8, 4) is 5.75 Å². The normalized spacial score (nSPS) is 20.3. The van der Waals surface area contributed by atoms with Gasteiger partial charge < -0.3 is 15.9 Å². The van der Waals surface area contributed by atoms with Gasteiger partial charge in [-0.15, -0.1) is 18.3 Å². The molecular weight excluding hydrogens is 533 g/mol. The van der Waals surface area contributed by atoms with E-state index in [1.54, 1.807) is 24.3 Å². The van der Waals surface area contributed by atoms with Crippen LogP contribution in [0.1, 0.15) is 79.3 Å². The lowest BCUT2D eigenvalue weighted by Gasteiger charge is -2.40. The van der Waals surface area contributed by atoms with Crippen LogP contribution in [0.3, 0.4) is 0 Å². The number of amidine groups is 1. The van der Waals surface area contributed by atoms with Crippen LogP contribution in [0, 0.1) is 17.2 Å². The average Bonchev–Trinajstić information content (AvgIpc) is 2.97. The quantitative estimate of drug-likeness (QED) is 0.0959. The van der Waals surface area contributed by atoms with E-state index in [1.807, 2.05) is 12.1 Å². The Balaban J connectivity index is 1.42. The van der Waals surface area contributed by atoms with Crippen molar-refractivity contribution in [1.29, 1.82) is 5.41 Å². The lowest BCUT2D eigenvalue weighted by atomic mass is 9.72. The van der Waals surface area contributed by atoms with Crippen molar-refractivity contribution in [2.24, 2.45) is 28.0 Å². The molecule has 41 heavy (non-hydrogen) atoms. The Morgan fingerprint density at radius 1 is 0.902 bits per heavy atom. The third-order valence-corrected chi connectivity index (χ3v) is 8.31. The van der Waals surface area contributed by atoms with Gasteiger partial charge in [0.05, 0.1) is 6.54 Å². The summed E-state index contributed by atoms with van der Waals surface area (Å²) in [5.41, 5.74) is 2.42. The summed E-state index contributed by atoms with van der Waals surface area (Å²) in [5.74, 6) is 5.87. The second kappa shape index (κ2) is 14.4. The number of hydrogen-bond donors (Lipinski definition) is 3. The molecule has 2 saturated carbocycles. The second-order valence-electron chi connectivity index (χ2n) is 11.1. The van der Waals surface area contributed by atoms with Gasteiger partial charge in [0, 0.05) is 24.7 Å². The molecule has 4 N–H and O–H groups in total. The van der Waals surface area contributed by atoms with Crippen LogP contribution in [0.15, 0.2) is 58.9 Å². The highest BCUT2D eigenvalue weighted by Gasteiger charge is 2.32. The molecule has 2 aromatic carbocycles. The largest absolute Gasteiger partial charge is 0.573 e. The van der Waals surface area contributed by atoms with E-state index < -0.39 is 6.36 Å². The summed E-state index contributed by atoms with van der Waals surface area (Å²) in [4.78, 5) is 14.9. The minimum atomic E-state index is -4.72. The summed E-state index contributed by atoms with van der Waals surface area (Å²) in [6.07, 6.45) is 6.66. The molecule has 2 fully saturated rings. The van der Waals surface area contributed by atoms with Crippen LogP contribution in [0.2, 0.25) is 0 Å². The molecule has 1 amide bonds. The number of amides is 1. The number of nitrogens with two attached hydrogens (primary N) is 1. The third-order valence-electron chi connectivity index (χ3n) is 8.31. The molecule has 2 aliphatic rings. The number of alkyl halides is 3. The number of rotatable bonds is 10. The molecular formula is C30H39F3N6O2. The van der Waals surface area contributed by atoms with Crippen molar-refractivity contribution in [3.05, 3.63) is 65.2 Å². The van der Waals surface area contributed by atoms with Crippen molar-refractivity contribution in [2.45, 2.75) is 83.3 Å². The average molecular weight is 573 g/mol. The number of benzene rings is 2. The summed E-state index contributed by atoms with van der Waals surface area (Å²) in [5, 5.41) is 16.6. The van der Waals surface area contributed by atoms with Gasteiger partial charge in [0.2, 0.25) is 0 Å². The first-order chi connectivity index (χ1) is 19.7. The zero-order valence-electron chi connectivity index (χ0n) is 23.2. The van der Waals surface area contributed by atoms with E-state index in [-0.39, 0.29) is 24.0 Å². The van der Waals surface area contributed by atoms with Gasteiger partial charge in [-0.05, 0) is 72.9 Å². The Morgan fingerprint density at radius 2 is 1.46 bits per heavy atom. The predicted molar refractivity (Wildman–Crippen MR) is 150 cm³/mol. The molecule has 2 aliphatic carbocycles. The van der Waals surface area contributed by atoms with E-state index in [4.69, 9.17) is 11.3 Å². The number of carbonyl (C=O) groups excluding carboxylic acids is 1. The zero-order valence-corrected chi connectivity index (χ0v) is 23.2. The molecule has 0 bridgehead atoms. The predicted octanol–water partition coefficient (Wildman–Crippen LogP) is 6.76. The fraction of sp³-hybridized carbons (Fsp3) is 0.533. The van der Waals surface area contributed by atoms with E-state index in [0.29, 0.717) is 24.7 Å². The lowest BCUT2D eigenvalue weighted by molar-refractivity contribution is -0.274. The number of nitrogens with zero attached hydrogens (tertiary/aromatic N) is 3. The Bertz CT molecular complexity index is 1160. The number of halogens is 3. The van der Waals surface area contributed by atoms with Gasteiger partial charge in [0.1, 0.15) is 5.75 Å². The van der Waals surface area contributed by atoms with E-state index in [0.717, 1.165) is 35.8 Å². The molecule has 0 aliphatic heterocycles. The molecule has 222 valence electrons. The molecule has 4 rings (SSSR count). The van der Waals surface area contributed by atoms with Gasteiger partial charge in [-0.1, -0.05) is 61.6 Å². The minimum Gasteiger partial charge on any atom is -0.406 e. The molecule has 8 nitrogen and oxygen atoms in total. The molecule has 0 heterocycles. The highest BCUT2D eigenvalue weighted by molar-refractivity contribution is 5.96. The highest BCUT2D eigenvalue weighted by atomic mass is 19.4. The summed E-state index contributed by atoms with van der Waals surface area (Å²) >= 11 is 0. The van der Waals surface area contributed by atoms with E-state index in [9.17, 15) is 18.0 Å². The van der Waals surface area contributed by atoms with Crippen LogP contribution in [0.5, 0.6) is 5.75 Å². The molecule has 0 unspecified atom stereocenters. The minimum absolute atomic E-state index is 0.0780. The van der Waals surface area contributed by atoms with Gasteiger partial charge in [-0.3, -0.25) is 15.1 Å². The molecule has 0 spiro atoms. The fourth-order valence-corrected chi connectivity index (χ4v) is 6.26. The molecule has 0 saturated heterocycles. The fourth-order valence-electron chi connectivity index (χ4n) is 6.26. The van der Waals surface area contributed by atoms with Gasteiger partial charge in [0.15, 0.2) is 5.84 Å². The number of nitrogens with one attached hydrogen (secondary N) is 2. The van der Waals surface area contributed by atoms with Crippen molar-refractivity contribution < 1.29 is 22.7 Å². The van der Waals surface area contributed by atoms with Crippen LogP contribution in [0.25, 0.3) is 0 Å². The first-order valence-corrected chi connectivity index (χ1v) is 14.3. The Morgan fingerprint density at radius 3 is 2.02 bits per heavy atom. The van der Waals surface area contributed by atoms with Gasteiger partial charge in [-0.2, -0.15) is 0 Å². The third kappa shape index (κ3) is 9.55. The first kappa shape index (κ1) is 30.5. The Kier molecular flexibility index (Phi) is 10.7. The Hall–Kier alpha value is -3.47. The molecule has 0 atom stereocenters. The standard InChI is InChI=1S/C30H39F3N6O2/c31-30(32,33)41-27-16-8-22(9-17-27)20-39(26-14-12-24(13-15-26)23-4-2-1-3-5-23)19-21-6-10-25(11-7-21)29(40)36-18-28(34)37-38-35/h6-11,16-17,23-24,26H,1-5,12-15,18-20H2,(H,36,40)(H3,34,35,37). The highest BCUT2D eigenvalue weighted by Crippen LogP contribution is 2.40. The van der Waals surface area contributed by atoms with Crippen LogP contribution >= 0.6 is 0 Å². The van der Waals surface area contributed by atoms with Gasteiger partial charge >= 0.3 is 6.36 Å². The maximum atomic E-state index is 12.6. The molecule has 11 heteroatoms. The molecule has 0 aromatic heterocycles. The van der Waals surface area contributed by atoms with Crippen molar-refractivity contribution in [2.75, 3.05) is 6.54 Å². The number of hydrogen-bond acceptors (Lipinski definition) is 5. The first-order valence-electron chi connectivity index (χ1n) is 14.3. The van der Waals surface area contributed by atoms with Crippen LogP contribution in [-0.4, -0.2) is 35.6 Å². The molecule has 0 radical (unpaired) electrons.